The summed E-state index contributed by atoms with van der Waals surface area (Å²) in [4.78, 5) is 0. The molecule has 0 saturated heterocycles. The Hall–Kier alpha value is -1.33. The van der Waals surface area contributed by atoms with E-state index < -0.39 is 0 Å². The number of rotatable bonds is 3. The number of hydrogen-bond acceptors (Lipinski definition) is 2. The Morgan fingerprint density at radius 3 is 2.46 bits per heavy atom. The van der Waals surface area contributed by atoms with Crippen molar-refractivity contribution < 1.29 is 0 Å². The Kier molecular flexibility index (Phi) is 3.48. The van der Waals surface area contributed by atoms with Crippen molar-refractivity contribution in [2.24, 2.45) is 0 Å². The molecule has 0 bridgehead atoms. The van der Waals surface area contributed by atoms with E-state index in [-0.39, 0.29) is 0 Å². The Labute approximate surface area is 79.2 Å². The largest absolute Gasteiger partial charge is 0.310 e. The van der Waals surface area contributed by atoms with Crippen LogP contribution in [0.2, 0.25) is 0 Å². The third-order valence-corrected chi connectivity index (χ3v) is 2.05. The fraction of sp³-hybridized carbons (Fsp3) is 0.364. The van der Waals surface area contributed by atoms with Crippen LogP contribution < -0.4 is 5.32 Å². The zero-order valence-electron chi connectivity index (χ0n) is 8.04. The van der Waals surface area contributed by atoms with Crippen molar-refractivity contribution in [3.8, 4) is 6.07 Å². The highest BCUT2D eigenvalue weighted by Gasteiger charge is 2.02. The number of hydrogen-bond donors (Lipinski definition) is 1. The lowest BCUT2D eigenvalue weighted by atomic mass is 10.1. The van der Waals surface area contributed by atoms with Gasteiger partial charge in [0.1, 0.15) is 0 Å². The number of nitriles is 1. The van der Waals surface area contributed by atoms with Crippen LogP contribution in [-0.2, 0) is 0 Å². The molecule has 0 unspecified atom stereocenters. The monoisotopic (exact) mass is 174 g/mol. The molecule has 0 aliphatic rings. The maximum absolute atomic E-state index is 8.60. The molecule has 0 heterocycles. The minimum atomic E-state index is 0.359. The molecule has 0 fully saturated rings. The van der Waals surface area contributed by atoms with Gasteiger partial charge in [-0.05, 0) is 31.2 Å². The minimum Gasteiger partial charge on any atom is -0.310 e. The van der Waals surface area contributed by atoms with E-state index in [4.69, 9.17) is 5.26 Å². The molecule has 0 spiro atoms. The Morgan fingerprint density at radius 2 is 2.00 bits per heavy atom. The van der Waals surface area contributed by atoms with Crippen molar-refractivity contribution in [3.63, 3.8) is 0 Å². The van der Waals surface area contributed by atoms with E-state index in [9.17, 15) is 0 Å². The van der Waals surface area contributed by atoms with Gasteiger partial charge in [-0.3, -0.25) is 0 Å². The van der Waals surface area contributed by atoms with E-state index in [0.29, 0.717) is 11.6 Å². The second-order valence-electron chi connectivity index (χ2n) is 3.01. The molecule has 68 valence electrons. The Balaban J connectivity index is 2.75. The summed E-state index contributed by atoms with van der Waals surface area (Å²) >= 11 is 0. The first-order chi connectivity index (χ1) is 6.27. The molecule has 13 heavy (non-hydrogen) atoms. The van der Waals surface area contributed by atoms with Crippen molar-refractivity contribution in [1.29, 1.82) is 5.26 Å². The van der Waals surface area contributed by atoms with Gasteiger partial charge in [0, 0.05) is 6.04 Å². The minimum absolute atomic E-state index is 0.359. The van der Waals surface area contributed by atoms with Crippen LogP contribution in [0.4, 0.5) is 0 Å². The fourth-order valence-corrected chi connectivity index (χ4v) is 1.27. The molecule has 0 aromatic heterocycles. The Bertz CT molecular complexity index is 295. The molecule has 0 radical (unpaired) electrons. The smallest absolute Gasteiger partial charge is 0.0991 e. The summed E-state index contributed by atoms with van der Waals surface area (Å²) in [5.74, 6) is 0. The molecule has 1 rings (SSSR count). The molecule has 0 aliphatic carbocycles. The molecule has 1 atom stereocenters. The van der Waals surface area contributed by atoms with Crippen LogP contribution in [0.3, 0.4) is 0 Å². The lowest BCUT2D eigenvalue weighted by molar-refractivity contribution is 0.598. The van der Waals surface area contributed by atoms with Crippen LogP contribution in [0.25, 0.3) is 0 Å². The predicted octanol–water partition coefficient (Wildman–Crippen LogP) is 2.23. The summed E-state index contributed by atoms with van der Waals surface area (Å²) in [6.07, 6.45) is 0. The second-order valence-corrected chi connectivity index (χ2v) is 3.01. The lowest BCUT2D eigenvalue weighted by Crippen LogP contribution is -2.17. The average molecular weight is 174 g/mol. The van der Waals surface area contributed by atoms with Gasteiger partial charge in [0.2, 0.25) is 0 Å². The summed E-state index contributed by atoms with van der Waals surface area (Å²) in [5.41, 5.74) is 1.94. The third kappa shape index (κ3) is 2.57. The first-order valence-corrected chi connectivity index (χ1v) is 4.51. The van der Waals surface area contributed by atoms with Gasteiger partial charge in [-0.2, -0.15) is 5.26 Å². The molecule has 0 aliphatic heterocycles. The maximum atomic E-state index is 8.60. The van der Waals surface area contributed by atoms with Crippen molar-refractivity contribution in [3.05, 3.63) is 35.4 Å². The molecule has 1 N–H and O–H groups in total. The molecule has 2 heteroatoms. The summed E-state index contributed by atoms with van der Waals surface area (Å²) < 4.78 is 0. The van der Waals surface area contributed by atoms with Crippen LogP contribution in [0, 0.1) is 11.3 Å². The standard InChI is InChI=1S/C11H14N2/c1-3-13-9(2)11-6-4-10(8-12)5-7-11/h4-7,9,13H,3H2,1-2H3/t9-/m0/s1. The van der Waals surface area contributed by atoms with Crippen LogP contribution in [0.15, 0.2) is 24.3 Å². The SMILES string of the molecule is CCN[C@@H](C)c1ccc(C#N)cc1. The van der Waals surface area contributed by atoms with Gasteiger partial charge in [0.15, 0.2) is 0 Å². The highest BCUT2D eigenvalue weighted by molar-refractivity contribution is 5.32. The molecular formula is C11H14N2. The summed E-state index contributed by atoms with van der Waals surface area (Å²) in [6.45, 7) is 5.16. The van der Waals surface area contributed by atoms with Gasteiger partial charge in [0.05, 0.1) is 11.6 Å². The predicted molar refractivity (Wildman–Crippen MR) is 53.2 cm³/mol. The van der Waals surface area contributed by atoms with E-state index >= 15 is 0 Å². The topological polar surface area (TPSA) is 35.8 Å². The number of nitrogens with zero attached hydrogens (tertiary/aromatic N) is 1. The third-order valence-electron chi connectivity index (χ3n) is 2.05. The Morgan fingerprint density at radius 1 is 1.38 bits per heavy atom. The summed E-state index contributed by atoms with van der Waals surface area (Å²) in [5, 5.41) is 11.9. The normalized spacial score (nSPS) is 12.1. The lowest BCUT2D eigenvalue weighted by Gasteiger charge is -2.11. The van der Waals surface area contributed by atoms with Gasteiger partial charge in [-0.1, -0.05) is 19.1 Å². The molecule has 1 aromatic rings. The molecule has 0 saturated carbocycles. The molecule has 0 amide bonds. The fourth-order valence-electron chi connectivity index (χ4n) is 1.27. The molecule has 1 aromatic carbocycles. The van der Waals surface area contributed by atoms with E-state index in [1.807, 2.05) is 24.3 Å². The van der Waals surface area contributed by atoms with Crippen molar-refractivity contribution >= 4 is 0 Å². The molecule has 2 nitrogen and oxygen atoms in total. The zero-order valence-corrected chi connectivity index (χ0v) is 8.04. The van der Waals surface area contributed by atoms with Gasteiger partial charge in [0.25, 0.3) is 0 Å². The van der Waals surface area contributed by atoms with E-state index in [1.54, 1.807) is 0 Å². The molecular weight excluding hydrogens is 160 g/mol. The summed E-state index contributed by atoms with van der Waals surface area (Å²) in [7, 11) is 0. The quantitative estimate of drug-likeness (QED) is 0.762. The van der Waals surface area contributed by atoms with Gasteiger partial charge >= 0.3 is 0 Å². The van der Waals surface area contributed by atoms with Crippen molar-refractivity contribution in [2.75, 3.05) is 6.54 Å². The first-order valence-electron chi connectivity index (χ1n) is 4.51. The highest BCUT2D eigenvalue weighted by atomic mass is 14.9. The van der Waals surface area contributed by atoms with E-state index in [2.05, 4.69) is 25.2 Å². The van der Waals surface area contributed by atoms with E-state index in [1.165, 1.54) is 5.56 Å². The average Bonchev–Trinajstić information content (AvgIpc) is 2.18. The number of benzene rings is 1. The van der Waals surface area contributed by atoms with Crippen LogP contribution in [0.1, 0.15) is 31.0 Å². The van der Waals surface area contributed by atoms with E-state index in [0.717, 1.165) is 6.54 Å². The van der Waals surface area contributed by atoms with Crippen molar-refractivity contribution in [1.82, 2.24) is 5.32 Å². The van der Waals surface area contributed by atoms with Crippen LogP contribution >= 0.6 is 0 Å². The van der Waals surface area contributed by atoms with Gasteiger partial charge in [-0.25, -0.2) is 0 Å². The van der Waals surface area contributed by atoms with Gasteiger partial charge in [-0.15, -0.1) is 0 Å². The first kappa shape index (κ1) is 9.76. The van der Waals surface area contributed by atoms with Gasteiger partial charge < -0.3 is 5.32 Å². The van der Waals surface area contributed by atoms with Crippen molar-refractivity contribution in [2.45, 2.75) is 19.9 Å². The zero-order chi connectivity index (χ0) is 9.68. The van der Waals surface area contributed by atoms with Crippen LogP contribution in [0.5, 0.6) is 0 Å². The highest BCUT2D eigenvalue weighted by Crippen LogP contribution is 2.12. The number of nitrogens with one attached hydrogen (secondary N) is 1. The summed E-state index contributed by atoms with van der Waals surface area (Å²) in [6, 6.07) is 10.1. The second kappa shape index (κ2) is 4.64. The maximum Gasteiger partial charge on any atom is 0.0991 e. The van der Waals surface area contributed by atoms with Crippen LogP contribution in [-0.4, -0.2) is 6.54 Å².